The van der Waals surface area contributed by atoms with Crippen LogP contribution in [0.2, 0.25) is 0 Å². The summed E-state index contributed by atoms with van der Waals surface area (Å²) in [5.74, 6) is 0.0104. The van der Waals surface area contributed by atoms with Crippen molar-refractivity contribution in [3.63, 3.8) is 0 Å². The summed E-state index contributed by atoms with van der Waals surface area (Å²) >= 11 is 0. The van der Waals surface area contributed by atoms with Gasteiger partial charge in [-0.2, -0.15) is 13.2 Å². The number of ether oxygens (including phenoxy) is 1. The van der Waals surface area contributed by atoms with Crippen LogP contribution in [-0.2, 0) is 10.9 Å². The van der Waals surface area contributed by atoms with Crippen LogP contribution in [0, 0.1) is 0 Å². The first-order valence-corrected chi connectivity index (χ1v) is 8.21. The molecule has 1 aliphatic heterocycles. The average Bonchev–Trinajstić information content (AvgIpc) is 2.63. The second-order valence-corrected chi connectivity index (χ2v) is 5.96. The maximum Gasteiger partial charge on any atom is 0.416 e. The number of anilines is 2. The highest BCUT2D eigenvalue weighted by Crippen LogP contribution is 2.30. The summed E-state index contributed by atoms with van der Waals surface area (Å²) in [4.78, 5) is 16.7. The molecule has 5 nitrogen and oxygen atoms in total. The zero-order valence-corrected chi connectivity index (χ0v) is 13.8. The maximum absolute atomic E-state index is 12.6. The van der Waals surface area contributed by atoms with Crippen LogP contribution in [0.4, 0.5) is 24.7 Å². The van der Waals surface area contributed by atoms with Crippen molar-refractivity contribution < 1.29 is 22.7 Å². The highest BCUT2D eigenvalue weighted by atomic mass is 19.4. The van der Waals surface area contributed by atoms with Crippen LogP contribution < -0.4 is 10.6 Å². The Labute approximate surface area is 148 Å². The molecule has 1 aromatic carbocycles. The summed E-state index contributed by atoms with van der Waals surface area (Å²) in [6.45, 7) is 1.30. The van der Waals surface area contributed by atoms with E-state index in [2.05, 4.69) is 15.6 Å². The molecule has 0 bridgehead atoms. The molecule has 2 N–H and O–H groups in total. The van der Waals surface area contributed by atoms with Crippen LogP contribution in [0.15, 0.2) is 42.6 Å². The van der Waals surface area contributed by atoms with Crippen molar-refractivity contribution in [1.29, 1.82) is 0 Å². The summed E-state index contributed by atoms with van der Waals surface area (Å²) < 4.78 is 43.1. The number of benzene rings is 1. The molecule has 0 aliphatic carbocycles. The summed E-state index contributed by atoms with van der Waals surface area (Å²) in [7, 11) is 0. The Balaban J connectivity index is 1.71. The van der Waals surface area contributed by atoms with Gasteiger partial charge in [0.25, 0.3) is 5.91 Å². The van der Waals surface area contributed by atoms with Crippen molar-refractivity contribution in [3.05, 3.63) is 53.7 Å². The Kier molecular flexibility index (Phi) is 5.41. The van der Waals surface area contributed by atoms with E-state index in [4.69, 9.17) is 4.74 Å². The van der Waals surface area contributed by atoms with E-state index in [1.165, 1.54) is 12.1 Å². The average molecular weight is 365 g/mol. The van der Waals surface area contributed by atoms with Crippen molar-refractivity contribution in [2.75, 3.05) is 23.8 Å². The molecule has 0 spiro atoms. The van der Waals surface area contributed by atoms with Crippen molar-refractivity contribution in [3.8, 4) is 0 Å². The van der Waals surface area contributed by atoms with Gasteiger partial charge in [0.2, 0.25) is 0 Å². The number of alkyl halides is 3. The number of nitrogens with zero attached hydrogens (tertiary/aromatic N) is 1. The van der Waals surface area contributed by atoms with Crippen LogP contribution in [0.3, 0.4) is 0 Å². The number of hydrogen-bond acceptors (Lipinski definition) is 4. The standard InChI is InChI=1S/C18H18F3N3O2/c19-18(20,21)12-3-5-13(6-4-12)24-17(25)15-2-1-9-22-16(15)23-14-7-10-26-11-8-14/h1-6,9,14H,7-8,10-11H2,(H,22,23)(H,24,25). The van der Waals surface area contributed by atoms with Gasteiger partial charge < -0.3 is 15.4 Å². The molecule has 1 fully saturated rings. The number of carbonyl (C=O) groups is 1. The smallest absolute Gasteiger partial charge is 0.381 e. The molecule has 1 aromatic heterocycles. The Morgan fingerprint density at radius 1 is 1.12 bits per heavy atom. The van der Waals surface area contributed by atoms with Crippen LogP contribution >= 0.6 is 0 Å². The second kappa shape index (κ2) is 7.74. The molecule has 3 rings (SSSR count). The summed E-state index contributed by atoms with van der Waals surface area (Å²) in [6.07, 6.45) is -1.20. The minimum absolute atomic E-state index is 0.163. The number of aromatic nitrogens is 1. The van der Waals surface area contributed by atoms with Gasteiger partial charge in [0.1, 0.15) is 5.82 Å². The minimum atomic E-state index is -4.41. The Morgan fingerprint density at radius 2 is 1.81 bits per heavy atom. The van der Waals surface area contributed by atoms with Crippen molar-refractivity contribution in [2.24, 2.45) is 0 Å². The Hall–Kier alpha value is -2.61. The fourth-order valence-corrected chi connectivity index (χ4v) is 2.68. The first kappa shape index (κ1) is 18.2. The van der Waals surface area contributed by atoms with Crippen LogP contribution in [0.5, 0.6) is 0 Å². The molecule has 0 saturated carbocycles. The lowest BCUT2D eigenvalue weighted by Gasteiger charge is -2.24. The van der Waals surface area contributed by atoms with Gasteiger partial charge in [-0.3, -0.25) is 4.79 Å². The second-order valence-electron chi connectivity index (χ2n) is 5.96. The lowest BCUT2D eigenvalue weighted by Crippen LogP contribution is -2.29. The molecular formula is C18H18F3N3O2. The maximum atomic E-state index is 12.6. The van der Waals surface area contributed by atoms with Gasteiger partial charge >= 0.3 is 6.18 Å². The minimum Gasteiger partial charge on any atom is -0.381 e. The summed E-state index contributed by atoms with van der Waals surface area (Å²) in [6, 6.07) is 7.73. The monoisotopic (exact) mass is 365 g/mol. The predicted octanol–water partition coefficient (Wildman–Crippen LogP) is 3.94. The molecule has 0 atom stereocenters. The molecule has 1 saturated heterocycles. The van der Waals surface area contributed by atoms with Gasteiger partial charge in [0.15, 0.2) is 0 Å². The molecule has 1 aliphatic rings. The Bertz CT molecular complexity index is 757. The lowest BCUT2D eigenvalue weighted by molar-refractivity contribution is -0.137. The molecule has 138 valence electrons. The van der Waals surface area contributed by atoms with E-state index in [1.54, 1.807) is 18.3 Å². The quantitative estimate of drug-likeness (QED) is 0.861. The van der Waals surface area contributed by atoms with Gasteiger partial charge in [-0.15, -0.1) is 0 Å². The zero-order chi connectivity index (χ0) is 18.6. The highest BCUT2D eigenvalue weighted by Gasteiger charge is 2.30. The van der Waals surface area contributed by atoms with Crippen LogP contribution in [-0.4, -0.2) is 30.1 Å². The summed E-state index contributed by atoms with van der Waals surface area (Å²) in [5.41, 5.74) is -0.151. The van der Waals surface area contributed by atoms with Crippen molar-refractivity contribution in [1.82, 2.24) is 4.98 Å². The van der Waals surface area contributed by atoms with E-state index in [1.807, 2.05) is 0 Å². The number of carbonyl (C=O) groups excluding carboxylic acids is 1. The number of pyridine rings is 1. The molecule has 1 amide bonds. The first-order valence-electron chi connectivity index (χ1n) is 8.21. The number of hydrogen-bond donors (Lipinski definition) is 2. The van der Waals surface area contributed by atoms with E-state index in [0.29, 0.717) is 24.6 Å². The van der Waals surface area contributed by atoms with Gasteiger partial charge in [-0.25, -0.2) is 4.98 Å². The van der Waals surface area contributed by atoms with Gasteiger partial charge in [0.05, 0.1) is 11.1 Å². The van der Waals surface area contributed by atoms with Gasteiger partial charge in [-0.1, -0.05) is 0 Å². The number of nitrogens with one attached hydrogen (secondary N) is 2. The normalized spacial score (nSPS) is 15.5. The van der Waals surface area contributed by atoms with E-state index < -0.39 is 17.6 Å². The topological polar surface area (TPSA) is 63.2 Å². The van der Waals surface area contributed by atoms with Gasteiger partial charge in [-0.05, 0) is 49.2 Å². The molecule has 26 heavy (non-hydrogen) atoms. The third-order valence-corrected chi connectivity index (χ3v) is 4.08. The lowest BCUT2D eigenvalue weighted by atomic mass is 10.1. The summed E-state index contributed by atoms with van der Waals surface area (Å²) in [5, 5.41) is 5.85. The van der Waals surface area contributed by atoms with E-state index >= 15 is 0 Å². The third kappa shape index (κ3) is 4.51. The van der Waals surface area contributed by atoms with Crippen LogP contribution in [0.25, 0.3) is 0 Å². The molecule has 8 heteroatoms. The first-order chi connectivity index (χ1) is 12.4. The molecule has 2 aromatic rings. The molecule has 2 heterocycles. The number of amides is 1. The third-order valence-electron chi connectivity index (χ3n) is 4.08. The fourth-order valence-electron chi connectivity index (χ4n) is 2.68. The SMILES string of the molecule is O=C(Nc1ccc(C(F)(F)F)cc1)c1cccnc1NC1CCOCC1. The van der Waals surface area contributed by atoms with Gasteiger partial charge in [0, 0.05) is 31.1 Å². The van der Waals surface area contributed by atoms with E-state index in [-0.39, 0.29) is 11.7 Å². The molecule has 0 unspecified atom stereocenters. The van der Waals surface area contributed by atoms with Crippen LogP contribution in [0.1, 0.15) is 28.8 Å². The molecule has 0 radical (unpaired) electrons. The zero-order valence-electron chi connectivity index (χ0n) is 13.8. The Morgan fingerprint density at radius 3 is 2.46 bits per heavy atom. The largest absolute Gasteiger partial charge is 0.416 e. The fraction of sp³-hybridized carbons (Fsp3) is 0.333. The van der Waals surface area contributed by atoms with E-state index in [9.17, 15) is 18.0 Å². The predicted molar refractivity (Wildman–Crippen MR) is 91.1 cm³/mol. The van der Waals surface area contributed by atoms with Crippen molar-refractivity contribution in [2.45, 2.75) is 25.1 Å². The van der Waals surface area contributed by atoms with E-state index in [0.717, 1.165) is 25.0 Å². The highest BCUT2D eigenvalue weighted by molar-refractivity contribution is 6.07. The number of rotatable bonds is 4. The number of halogens is 3. The van der Waals surface area contributed by atoms with Crippen molar-refractivity contribution >= 4 is 17.4 Å². The molecular weight excluding hydrogens is 347 g/mol.